The Kier molecular flexibility index (Phi) is 4.82. The van der Waals surface area contributed by atoms with Crippen LogP contribution in [-0.4, -0.2) is 27.3 Å². The first kappa shape index (κ1) is 19.1. The van der Waals surface area contributed by atoms with Gasteiger partial charge >= 0.3 is 0 Å². The number of amides is 1. The summed E-state index contributed by atoms with van der Waals surface area (Å²) in [5.41, 5.74) is 2.41. The van der Waals surface area contributed by atoms with Crippen LogP contribution in [0.4, 0.5) is 0 Å². The number of hydrogen-bond donors (Lipinski definition) is 2. The molecule has 4 rings (SSSR count). The fourth-order valence-electron chi connectivity index (χ4n) is 4.25. The van der Waals surface area contributed by atoms with E-state index in [2.05, 4.69) is 48.4 Å². The van der Waals surface area contributed by atoms with Crippen LogP contribution in [-0.2, 0) is 11.3 Å². The minimum atomic E-state index is -0.706. The number of carbonyl (C=O) groups excluding carboxylic acids is 1. The molecule has 0 bridgehead atoms. The highest BCUT2D eigenvalue weighted by molar-refractivity contribution is 6.07. The number of fused-ring (bicyclic) bond motifs is 1. The first-order valence-corrected chi connectivity index (χ1v) is 9.98. The van der Waals surface area contributed by atoms with E-state index in [1.165, 1.54) is 0 Å². The lowest BCUT2D eigenvalue weighted by Gasteiger charge is -2.24. The Balaban J connectivity index is 1.63. The fraction of sp³-hybridized carbons (Fsp3) is 0.292. The Hall–Kier alpha value is -3.21. The molecule has 0 saturated carbocycles. The van der Waals surface area contributed by atoms with Crippen molar-refractivity contribution in [3.63, 3.8) is 0 Å². The van der Waals surface area contributed by atoms with Gasteiger partial charge in [-0.25, -0.2) is 0 Å². The molecule has 148 valence electrons. The number of guanidine groups is 1. The summed E-state index contributed by atoms with van der Waals surface area (Å²) in [4.78, 5) is 18.9. The highest BCUT2D eigenvalue weighted by Gasteiger charge is 2.45. The zero-order valence-corrected chi connectivity index (χ0v) is 17.1. The van der Waals surface area contributed by atoms with E-state index in [1.54, 1.807) is 4.90 Å². The molecular weight excluding hydrogens is 360 g/mol. The maximum absolute atomic E-state index is 13.0. The Morgan fingerprint density at radius 3 is 2.72 bits per heavy atom. The maximum atomic E-state index is 13.0. The molecule has 1 fully saturated rings. The first-order chi connectivity index (χ1) is 13.9. The van der Waals surface area contributed by atoms with Gasteiger partial charge in [0.2, 0.25) is 0 Å². The van der Waals surface area contributed by atoms with Crippen LogP contribution in [0.15, 0.2) is 60.9 Å². The monoisotopic (exact) mass is 386 g/mol. The van der Waals surface area contributed by atoms with Gasteiger partial charge in [-0.3, -0.25) is 20.1 Å². The fourth-order valence-corrected chi connectivity index (χ4v) is 4.25. The predicted molar refractivity (Wildman–Crippen MR) is 116 cm³/mol. The molecular formula is C24H26N4O. The Bertz CT molecular complexity index is 1090. The summed E-state index contributed by atoms with van der Waals surface area (Å²) in [6, 6.07) is 16.3. The quantitative estimate of drug-likeness (QED) is 0.675. The van der Waals surface area contributed by atoms with Crippen molar-refractivity contribution in [3.05, 3.63) is 66.5 Å². The van der Waals surface area contributed by atoms with Crippen molar-refractivity contribution in [1.82, 2.24) is 15.2 Å². The minimum Gasteiger partial charge on any atom is -0.342 e. The molecule has 1 aliphatic heterocycles. The molecule has 0 radical (unpaired) electrons. The molecule has 1 atom stereocenters. The third-order valence-corrected chi connectivity index (χ3v) is 5.44. The highest BCUT2D eigenvalue weighted by atomic mass is 16.2. The minimum absolute atomic E-state index is 0.0339. The smallest absolute Gasteiger partial charge is 0.255 e. The molecule has 5 nitrogen and oxygen atoms in total. The van der Waals surface area contributed by atoms with Crippen LogP contribution >= 0.6 is 0 Å². The molecule has 2 N–H and O–H groups in total. The number of aromatic nitrogens is 1. The molecule has 0 aliphatic carbocycles. The number of pyridine rings is 1. The Morgan fingerprint density at radius 1 is 1.14 bits per heavy atom. The van der Waals surface area contributed by atoms with Crippen LogP contribution in [0.5, 0.6) is 0 Å². The topological polar surface area (TPSA) is 69.1 Å². The van der Waals surface area contributed by atoms with Crippen molar-refractivity contribution in [2.45, 2.75) is 39.3 Å². The average molecular weight is 386 g/mol. The van der Waals surface area contributed by atoms with Crippen molar-refractivity contribution < 1.29 is 4.79 Å². The molecule has 2 heterocycles. The zero-order chi connectivity index (χ0) is 20.6. The highest BCUT2D eigenvalue weighted by Crippen LogP contribution is 2.30. The van der Waals surface area contributed by atoms with Gasteiger partial charge in [0.05, 0.1) is 6.54 Å². The van der Waals surface area contributed by atoms with Crippen molar-refractivity contribution in [2.75, 3.05) is 0 Å². The van der Waals surface area contributed by atoms with Crippen molar-refractivity contribution in [3.8, 4) is 11.1 Å². The average Bonchev–Trinajstić information content (AvgIpc) is 2.90. The summed E-state index contributed by atoms with van der Waals surface area (Å²) in [6.45, 7) is 6.45. The summed E-state index contributed by atoms with van der Waals surface area (Å²) >= 11 is 0. The van der Waals surface area contributed by atoms with Crippen molar-refractivity contribution in [2.24, 2.45) is 5.92 Å². The van der Waals surface area contributed by atoms with E-state index in [1.807, 2.05) is 43.6 Å². The predicted octanol–water partition coefficient (Wildman–Crippen LogP) is 4.57. The number of nitrogens with one attached hydrogen (secondary N) is 2. The molecule has 1 unspecified atom stereocenters. The van der Waals surface area contributed by atoms with Gasteiger partial charge in [0.15, 0.2) is 5.96 Å². The van der Waals surface area contributed by atoms with Crippen LogP contribution in [0.25, 0.3) is 21.9 Å². The third-order valence-electron chi connectivity index (χ3n) is 5.44. The van der Waals surface area contributed by atoms with Gasteiger partial charge in [-0.05, 0) is 41.8 Å². The van der Waals surface area contributed by atoms with Gasteiger partial charge < -0.3 is 5.32 Å². The number of nitrogens with zero attached hydrogens (tertiary/aromatic N) is 2. The second-order valence-corrected chi connectivity index (χ2v) is 8.40. The molecule has 1 aromatic heterocycles. The van der Waals surface area contributed by atoms with Crippen molar-refractivity contribution >= 4 is 22.6 Å². The van der Waals surface area contributed by atoms with Gasteiger partial charge in [-0.1, -0.05) is 56.3 Å². The van der Waals surface area contributed by atoms with E-state index in [0.29, 0.717) is 18.9 Å². The lowest BCUT2D eigenvalue weighted by molar-refractivity contribution is -0.131. The van der Waals surface area contributed by atoms with Gasteiger partial charge in [0.25, 0.3) is 5.91 Å². The number of carbonyl (C=O) groups is 1. The maximum Gasteiger partial charge on any atom is 0.255 e. The first-order valence-electron chi connectivity index (χ1n) is 9.98. The summed E-state index contributed by atoms with van der Waals surface area (Å²) in [6.07, 6.45) is 4.45. The second kappa shape index (κ2) is 7.32. The molecule has 1 aliphatic rings. The van der Waals surface area contributed by atoms with Gasteiger partial charge in [0, 0.05) is 23.3 Å². The van der Waals surface area contributed by atoms with Crippen LogP contribution < -0.4 is 5.32 Å². The van der Waals surface area contributed by atoms with E-state index in [9.17, 15) is 4.79 Å². The Morgan fingerprint density at radius 2 is 1.93 bits per heavy atom. The molecule has 1 amide bonds. The molecule has 29 heavy (non-hydrogen) atoms. The number of rotatable bonds is 5. The van der Waals surface area contributed by atoms with Crippen LogP contribution in [0.1, 0.15) is 32.8 Å². The summed E-state index contributed by atoms with van der Waals surface area (Å²) < 4.78 is 0. The lowest BCUT2D eigenvalue weighted by Crippen LogP contribution is -2.44. The van der Waals surface area contributed by atoms with E-state index < -0.39 is 5.54 Å². The third kappa shape index (κ3) is 3.60. The Labute approximate surface area is 171 Å². The summed E-state index contributed by atoms with van der Waals surface area (Å²) in [5.74, 6) is 0.509. The van der Waals surface area contributed by atoms with Gasteiger partial charge in [-0.15, -0.1) is 0 Å². The molecule has 1 saturated heterocycles. The SMILES string of the molecule is CC(C)CC1(C)NC(=N)N(Cc2cccc(-c3cncc4ccccc34)c2)C1=O. The van der Waals surface area contributed by atoms with E-state index in [4.69, 9.17) is 5.41 Å². The molecule has 3 aromatic rings. The molecule has 5 heteroatoms. The van der Waals surface area contributed by atoms with Crippen molar-refractivity contribution in [1.29, 1.82) is 5.41 Å². The van der Waals surface area contributed by atoms with E-state index >= 15 is 0 Å². The van der Waals surface area contributed by atoms with Crippen LogP contribution in [0, 0.1) is 11.3 Å². The zero-order valence-electron chi connectivity index (χ0n) is 17.1. The normalized spacial score (nSPS) is 19.2. The summed E-state index contributed by atoms with van der Waals surface area (Å²) in [7, 11) is 0. The molecule has 0 spiro atoms. The number of hydrogen-bond acceptors (Lipinski definition) is 3. The van der Waals surface area contributed by atoms with Crippen LogP contribution in [0.2, 0.25) is 0 Å². The van der Waals surface area contributed by atoms with E-state index in [0.717, 1.165) is 27.5 Å². The van der Waals surface area contributed by atoms with E-state index in [-0.39, 0.29) is 11.9 Å². The second-order valence-electron chi connectivity index (χ2n) is 8.40. The van der Waals surface area contributed by atoms with Gasteiger partial charge in [0.1, 0.15) is 5.54 Å². The number of benzene rings is 2. The molecule has 2 aromatic carbocycles. The van der Waals surface area contributed by atoms with Crippen LogP contribution in [0.3, 0.4) is 0 Å². The largest absolute Gasteiger partial charge is 0.342 e. The standard InChI is InChI=1S/C24H26N4O/c1-16(2)12-24(3)22(29)28(23(25)27-24)15-17-7-6-9-18(11-17)21-14-26-13-19-8-4-5-10-20(19)21/h4-11,13-14,16H,12,15H2,1-3H3,(H2,25,27). The van der Waals surface area contributed by atoms with Gasteiger partial charge in [-0.2, -0.15) is 0 Å². The lowest BCUT2D eigenvalue weighted by atomic mass is 9.91. The summed E-state index contributed by atoms with van der Waals surface area (Å²) in [5, 5.41) is 13.6.